The van der Waals surface area contributed by atoms with Gasteiger partial charge in [-0.15, -0.1) is 0 Å². The molecule has 0 saturated heterocycles. The predicted octanol–water partition coefficient (Wildman–Crippen LogP) is 2.90. The quantitative estimate of drug-likeness (QED) is 0.606. The number of para-hydroxylation sites is 1. The van der Waals surface area contributed by atoms with E-state index in [0.717, 1.165) is 17.4 Å². The van der Waals surface area contributed by atoms with E-state index in [1.165, 1.54) is 0 Å². The van der Waals surface area contributed by atoms with Crippen LogP contribution in [-0.2, 0) is 4.79 Å². The molecule has 0 amide bonds. The van der Waals surface area contributed by atoms with Crippen molar-refractivity contribution in [3.8, 4) is 0 Å². The Bertz CT molecular complexity index is 391. The summed E-state index contributed by atoms with van der Waals surface area (Å²) in [5, 5.41) is 0. The number of nitrogen functional groups attached to an aromatic ring is 1. The Hall–Kier alpha value is -1.57. The maximum Gasteiger partial charge on any atom is 0.129 e. The van der Waals surface area contributed by atoms with Gasteiger partial charge in [0.15, 0.2) is 0 Å². The molecule has 0 bridgehead atoms. The van der Waals surface area contributed by atoms with Gasteiger partial charge in [0.1, 0.15) is 6.29 Å². The van der Waals surface area contributed by atoms with Gasteiger partial charge >= 0.3 is 0 Å². The van der Waals surface area contributed by atoms with Gasteiger partial charge in [-0.2, -0.15) is 0 Å². The normalized spacial score (nSPS) is 12.6. The maximum atomic E-state index is 11.0. The topological polar surface area (TPSA) is 43.1 Å². The molecule has 0 heterocycles. The second-order valence-electron chi connectivity index (χ2n) is 4.13. The Morgan fingerprint density at radius 3 is 2.40 bits per heavy atom. The van der Waals surface area contributed by atoms with Crippen molar-refractivity contribution in [3.63, 3.8) is 0 Å². The third kappa shape index (κ3) is 2.27. The van der Waals surface area contributed by atoms with Gasteiger partial charge < -0.3 is 10.5 Å². The largest absolute Gasteiger partial charge is 0.398 e. The van der Waals surface area contributed by atoms with Crippen LogP contribution in [-0.4, -0.2) is 6.29 Å². The van der Waals surface area contributed by atoms with E-state index in [4.69, 9.17) is 5.73 Å². The molecule has 0 fully saturated rings. The smallest absolute Gasteiger partial charge is 0.129 e. The molecule has 1 rings (SSSR count). The zero-order chi connectivity index (χ0) is 11.5. The number of nitrogens with two attached hydrogens (primary N) is 1. The highest BCUT2D eigenvalue weighted by Crippen LogP contribution is 2.35. The van der Waals surface area contributed by atoms with Crippen molar-refractivity contribution in [2.24, 2.45) is 5.41 Å². The average molecular weight is 203 g/mol. The van der Waals surface area contributed by atoms with E-state index in [1.807, 2.05) is 51.1 Å². The van der Waals surface area contributed by atoms with Crippen LogP contribution >= 0.6 is 0 Å². The highest BCUT2D eigenvalue weighted by Gasteiger charge is 2.24. The Balaban J connectivity index is 3.27. The third-order valence-electron chi connectivity index (χ3n) is 2.53. The fourth-order valence-corrected chi connectivity index (χ4v) is 1.68. The zero-order valence-electron chi connectivity index (χ0n) is 9.45. The molecule has 1 aromatic rings. The van der Waals surface area contributed by atoms with E-state index in [2.05, 4.69) is 0 Å². The first-order valence-corrected chi connectivity index (χ1v) is 5.01. The Labute approximate surface area is 90.8 Å². The van der Waals surface area contributed by atoms with Crippen molar-refractivity contribution in [1.29, 1.82) is 0 Å². The molecular formula is C13H17NO. The van der Waals surface area contributed by atoms with Gasteiger partial charge in [-0.1, -0.05) is 24.3 Å². The average Bonchev–Trinajstić information content (AvgIpc) is 2.21. The molecule has 2 nitrogen and oxygen atoms in total. The van der Waals surface area contributed by atoms with Crippen LogP contribution in [0.2, 0.25) is 0 Å². The summed E-state index contributed by atoms with van der Waals surface area (Å²) in [5.74, 6) is 0. The van der Waals surface area contributed by atoms with Crippen LogP contribution in [0.4, 0.5) is 5.69 Å². The number of hydrogen-bond acceptors (Lipinski definition) is 2. The minimum Gasteiger partial charge on any atom is -0.398 e. The monoisotopic (exact) mass is 203 g/mol. The fraction of sp³-hybridized carbons (Fsp3) is 0.308. The highest BCUT2D eigenvalue weighted by molar-refractivity contribution is 5.88. The van der Waals surface area contributed by atoms with E-state index in [1.54, 1.807) is 0 Å². The van der Waals surface area contributed by atoms with Crippen LogP contribution in [0.1, 0.15) is 26.3 Å². The minimum atomic E-state index is -0.496. The lowest BCUT2D eigenvalue weighted by Gasteiger charge is -2.22. The first-order valence-electron chi connectivity index (χ1n) is 5.01. The first-order chi connectivity index (χ1) is 7.03. The standard InChI is InChI=1S/C13H17NO/c1-4-11(13(2,3)9-15)10-7-5-6-8-12(10)14/h4-9H,14H2,1-3H3. The van der Waals surface area contributed by atoms with Gasteiger partial charge in [0.2, 0.25) is 0 Å². The van der Waals surface area contributed by atoms with E-state index in [9.17, 15) is 4.79 Å². The maximum absolute atomic E-state index is 11.0. The molecular weight excluding hydrogens is 186 g/mol. The molecule has 0 spiro atoms. The zero-order valence-corrected chi connectivity index (χ0v) is 9.45. The number of rotatable bonds is 3. The van der Waals surface area contributed by atoms with E-state index >= 15 is 0 Å². The molecule has 0 aliphatic heterocycles. The van der Waals surface area contributed by atoms with Gasteiger partial charge in [0.05, 0.1) is 0 Å². The fourth-order valence-electron chi connectivity index (χ4n) is 1.68. The Morgan fingerprint density at radius 1 is 1.33 bits per heavy atom. The highest BCUT2D eigenvalue weighted by atomic mass is 16.1. The summed E-state index contributed by atoms with van der Waals surface area (Å²) in [4.78, 5) is 11.0. The molecule has 0 radical (unpaired) electrons. The number of benzene rings is 1. The van der Waals surface area contributed by atoms with Crippen LogP contribution < -0.4 is 5.73 Å². The molecule has 0 aliphatic rings. The summed E-state index contributed by atoms with van der Waals surface area (Å²) in [6, 6.07) is 7.60. The van der Waals surface area contributed by atoms with Crippen LogP contribution in [0, 0.1) is 5.41 Å². The van der Waals surface area contributed by atoms with Crippen molar-refractivity contribution in [2.45, 2.75) is 20.8 Å². The summed E-state index contributed by atoms with van der Waals surface area (Å²) in [6.07, 6.45) is 2.90. The van der Waals surface area contributed by atoms with Gasteiger partial charge in [-0.3, -0.25) is 0 Å². The molecule has 0 saturated carbocycles. The molecule has 0 unspecified atom stereocenters. The Kier molecular flexibility index (Phi) is 3.30. The van der Waals surface area contributed by atoms with Crippen LogP contribution in [0.15, 0.2) is 30.3 Å². The van der Waals surface area contributed by atoms with Gasteiger partial charge in [-0.05, 0) is 32.4 Å². The van der Waals surface area contributed by atoms with Crippen molar-refractivity contribution < 1.29 is 4.79 Å². The summed E-state index contributed by atoms with van der Waals surface area (Å²) in [7, 11) is 0. The minimum absolute atomic E-state index is 0.496. The molecule has 2 N–H and O–H groups in total. The lowest BCUT2D eigenvalue weighted by atomic mass is 9.81. The predicted molar refractivity (Wildman–Crippen MR) is 64.4 cm³/mol. The van der Waals surface area contributed by atoms with Crippen molar-refractivity contribution >= 4 is 17.5 Å². The van der Waals surface area contributed by atoms with E-state index < -0.39 is 5.41 Å². The lowest BCUT2D eigenvalue weighted by molar-refractivity contribution is -0.112. The molecule has 0 atom stereocenters. The van der Waals surface area contributed by atoms with Gasteiger partial charge in [0.25, 0.3) is 0 Å². The summed E-state index contributed by atoms with van der Waals surface area (Å²) >= 11 is 0. The molecule has 2 heteroatoms. The second-order valence-corrected chi connectivity index (χ2v) is 4.13. The number of anilines is 1. The van der Waals surface area contributed by atoms with Crippen molar-refractivity contribution in [1.82, 2.24) is 0 Å². The molecule has 0 aliphatic carbocycles. The van der Waals surface area contributed by atoms with Crippen molar-refractivity contribution in [2.75, 3.05) is 5.73 Å². The molecule has 0 aromatic heterocycles. The number of hydrogen-bond donors (Lipinski definition) is 1. The second kappa shape index (κ2) is 4.30. The van der Waals surface area contributed by atoms with E-state index in [0.29, 0.717) is 5.69 Å². The van der Waals surface area contributed by atoms with E-state index in [-0.39, 0.29) is 0 Å². The van der Waals surface area contributed by atoms with Crippen LogP contribution in [0.3, 0.4) is 0 Å². The SMILES string of the molecule is CC=C(c1ccccc1N)C(C)(C)C=O. The molecule has 1 aromatic carbocycles. The summed E-state index contributed by atoms with van der Waals surface area (Å²) in [5.41, 5.74) is 8.01. The number of aldehydes is 1. The lowest BCUT2D eigenvalue weighted by Crippen LogP contribution is -2.16. The number of carbonyl (C=O) groups excluding carboxylic acids is 1. The number of carbonyl (C=O) groups is 1. The Morgan fingerprint density at radius 2 is 1.93 bits per heavy atom. The summed E-state index contributed by atoms with van der Waals surface area (Å²) < 4.78 is 0. The summed E-state index contributed by atoms with van der Waals surface area (Å²) in [6.45, 7) is 5.70. The van der Waals surface area contributed by atoms with Gasteiger partial charge in [0, 0.05) is 16.7 Å². The first kappa shape index (κ1) is 11.5. The van der Waals surface area contributed by atoms with Crippen LogP contribution in [0.5, 0.6) is 0 Å². The van der Waals surface area contributed by atoms with Crippen molar-refractivity contribution in [3.05, 3.63) is 35.9 Å². The molecule has 80 valence electrons. The molecule has 15 heavy (non-hydrogen) atoms. The van der Waals surface area contributed by atoms with Crippen LogP contribution in [0.25, 0.3) is 5.57 Å². The third-order valence-corrected chi connectivity index (χ3v) is 2.53. The van der Waals surface area contributed by atoms with Gasteiger partial charge in [-0.25, -0.2) is 0 Å². The number of allylic oxidation sites excluding steroid dienone is 2.